The summed E-state index contributed by atoms with van der Waals surface area (Å²) in [5, 5.41) is 2.60. The van der Waals surface area contributed by atoms with Crippen LogP contribution in [-0.4, -0.2) is 119 Å². The van der Waals surface area contributed by atoms with Crippen molar-refractivity contribution in [2.45, 2.75) is 13.0 Å². The molecule has 0 aliphatic carbocycles. The predicted octanol–water partition coefficient (Wildman–Crippen LogP) is -0.189. The average molecular weight is 522 g/mol. The van der Waals surface area contributed by atoms with Crippen LogP contribution in [0.5, 0.6) is 0 Å². The Balaban J connectivity index is 1.23. The molecule has 3 saturated heterocycles. The number of ether oxygens (including phenoxy) is 3. The number of carbonyl (C=O) groups is 4. The number of esters is 1. The van der Waals surface area contributed by atoms with Crippen LogP contribution in [0.2, 0.25) is 0 Å². The molecule has 1 unspecified atom stereocenters. The van der Waals surface area contributed by atoms with E-state index in [9.17, 15) is 23.6 Å². The smallest absolute Gasteiger partial charge is 0.414 e. The number of carbonyl (C=O) groups excluding carboxylic acids is 4. The molecular weight excluding hydrogens is 489 g/mol. The third kappa shape index (κ3) is 7.07. The lowest BCUT2D eigenvalue weighted by Crippen LogP contribution is -2.50. The Hall–Kier alpha value is -3.45. The van der Waals surface area contributed by atoms with Gasteiger partial charge in [-0.1, -0.05) is 0 Å². The standard InChI is InChI=1S/C24H32FN5O7/c1-17(31)26-13-19-14-30(24(34)37-19)18-2-3-21(20(25)12-18)28-4-6-29(7-5-28)22(32)16-36-23(33)15-27-8-10-35-11-9-27/h2-3,12,19H,4-11,13-16H2,1H3,(H,26,31). The van der Waals surface area contributed by atoms with Crippen LogP contribution < -0.4 is 15.1 Å². The van der Waals surface area contributed by atoms with Crippen LogP contribution in [0.15, 0.2) is 18.2 Å². The third-order valence-corrected chi connectivity index (χ3v) is 6.48. The summed E-state index contributed by atoms with van der Waals surface area (Å²) in [5.74, 6) is -1.45. The first-order chi connectivity index (χ1) is 17.8. The number of halogens is 1. The summed E-state index contributed by atoms with van der Waals surface area (Å²) < 4.78 is 30.6. The minimum Gasteiger partial charge on any atom is -0.455 e. The second-order valence-electron chi connectivity index (χ2n) is 9.11. The van der Waals surface area contributed by atoms with Crippen LogP contribution >= 0.6 is 0 Å². The van der Waals surface area contributed by atoms with E-state index in [2.05, 4.69) is 5.32 Å². The monoisotopic (exact) mass is 521 g/mol. The number of nitrogens with zero attached hydrogens (tertiary/aromatic N) is 4. The Labute approximate surface area is 214 Å². The van der Waals surface area contributed by atoms with Crippen molar-refractivity contribution in [3.63, 3.8) is 0 Å². The zero-order valence-electron chi connectivity index (χ0n) is 20.8. The highest BCUT2D eigenvalue weighted by atomic mass is 19.1. The number of rotatable bonds is 8. The van der Waals surface area contributed by atoms with Gasteiger partial charge < -0.3 is 29.3 Å². The Kier molecular flexibility index (Phi) is 8.77. The SMILES string of the molecule is CC(=O)NCC1CN(c2ccc(N3CCN(C(=O)COC(=O)CN4CCOCC4)CC3)c(F)c2)C(=O)O1. The highest BCUT2D eigenvalue weighted by Crippen LogP contribution is 2.28. The van der Waals surface area contributed by atoms with Gasteiger partial charge in [-0.25, -0.2) is 9.18 Å². The number of anilines is 2. The molecule has 12 nitrogen and oxygen atoms in total. The zero-order valence-corrected chi connectivity index (χ0v) is 20.8. The first-order valence-electron chi connectivity index (χ1n) is 12.3. The van der Waals surface area contributed by atoms with E-state index in [1.54, 1.807) is 17.0 Å². The van der Waals surface area contributed by atoms with Crippen molar-refractivity contribution in [2.24, 2.45) is 0 Å². The molecule has 0 spiro atoms. The first-order valence-corrected chi connectivity index (χ1v) is 12.3. The maximum atomic E-state index is 15.0. The van der Waals surface area contributed by atoms with E-state index in [-0.39, 0.29) is 38.1 Å². The molecule has 0 saturated carbocycles. The first kappa shape index (κ1) is 26.6. The van der Waals surface area contributed by atoms with Crippen molar-refractivity contribution in [3.8, 4) is 0 Å². The Bertz CT molecular complexity index is 1010. The number of benzene rings is 1. The number of nitrogens with one attached hydrogen (secondary N) is 1. The lowest BCUT2D eigenvalue weighted by Gasteiger charge is -2.36. The van der Waals surface area contributed by atoms with E-state index >= 15 is 0 Å². The van der Waals surface area contributed by atoms with Gasteiger partial charge in [0, 0.05) is 46.2 Å². The zero-order chi connectivity index (χ0) is 26.4. The fourth-order valence-electron chi connectivity index (χ4n) is 4.43. The molecule has 3 aliphatic rings. The van der Waals surface area contributed by atoms with Gasteiger partial charge in [-0.3, -0.25) is 24.2 Å². The Morgan fingerprint density at radius 3 is 2.51 bits per heavy atom. The lowest BCUT2D eigenvalue weighted by atomic mass is 10.2. The maximum Gasteiger partial charge on any atom is 0.414 e. The Morgan fingerprint density at radius 1 is 1.11 bits per heavy atom. The molecule has 13 heteroatoms. The van der Waals surface area contributed by atoms with E-state index in [1.807, 2.05) is 9.80 Å². The van der Waals surface area contributed by atoms with Gasteiger partial charge in [-0.05, 0) is 18.2 Å². The number of amides is 3. The fraction of sp³-hybridized carbons (Fsp3) is 0.583. The van der Waals surface area contributed by atoms with Crippen molar-refractivity contribution in [2.75, 3.05) is 88.5 Å². The average Bonchev–Trinajstić information content (AvgIpc) is 3.27. The van der Waals surface area contributed by atoms with E-state index in [1.165, 1.54) is 17.9 Å². The largest absolute Gasteiger partial charge is 0.455 e. The number of piperazine rings is 1. The van der Waals surface area contributed by atoms with Crippen molar-refractivity contribution in [1.29, 1.82) is 0 Å². The summed E-state index contributed by atoms with van der Waals surface area (Å²) in [6, 6.07) is 4.53. The van der Waals surface area contributed by atoms with Crippen LogP contribution in [-0.2, 0) is 28.6 Å². The maximum absolute atomic E-state index is 15.0. The van der Waals surface area contributed by atoms with E-state index in [0.29, 0.717) is 63.9 Å². The molecule has 37 heavy (non-hydrogen) atoms. The van der Waals surface area contributed by atoms with Crippen molar-refractivity contribution < 1.29 is 37.8 Å². The quantitative estimate of drug-likeness (QED) is 0.464. The minimum absolute atomic E-state index is 0.130. The predicted molar refractivity (Wildman–Crippen MR) is 130 cm³/mol. The summed E-state index contributed by atoms with van der Waals surface area (Å²) in [4.78, 5) is 54.5. The molecule has 3 fully saturated rings. The van der Waals surface area contributed by atoms with Crippen LogP contribution in [0.3, 0.4) is 0 Å². The molecule has 0 aromatic heterocycles. The molecule has 1 atom stereocenters. The fourth-order valence-corrected chi connectivity index (χ4v) is 4.43. The summed E-state index contributed by atoms with van der Waals surface area (Å²) in [6.45, 7) is 5.59. The summed E-state index contributed by atoms with van der Waals surface area (Å²) >= 11 is 0. The molecule has 3 heterocycles. The second kappa shape index (κ2) is 12.2. The van der Waals surface area contributed by atoms with Gasteiger partial charge in [0.25, 0.3) is 5.91 Å². The highest BCUT2D eigenvalue weighted by molar-refractivity contribution is 5.90. The summed E-state index contributed by atoms with van der Waals surface area (Å²) in [6.07, 6.45) is -1.11. The molecule has 4 rings (SSSR count). The molecule has 202 valence electrons. The second-order valence-corrected chi connectivity index (χ2v) is 9.11. The van der Waals surface area contributed by atoms with Gasteiger partial charge in [-0.15, -0.1) is 0 Å². The van der Waals surface area contributed by atoms with Gasteiger partial charge in [0.15, 0.2) is 6.61 Å². The minimum atomic E-state index is -0.597. The van der Waals surface area contributed by atoms with E-state index < -0.39 is 24.0 Å². The van der Waals surface area contributed by atoms with Crippen LogP contribution in [0, 0.1) is 5.82 Å². The summed E-state index contributed by atoms with van der Waals surface area (Å²) in [7, 11) is 0. The Morgan fingerprint density at radius 2 is 1.84 bits per heavy atom. The molecule has 3 amide bonds. The molecule has 1 aromatic rings. The number of hydrogen-bond donors (Lipinski definition) is 1. The van der Waals surface area contributed by atoms with Crippen LogP contribution in [0.25, 0.3) is 0 Å². The molecule has 0 bridgehead atoms. The summed E-state index contributed by atoms with van der Waals surface area (Å²) in [5.41, 5.74) is 0.736. The van der Waals surface area contributed by atoms with Gasteiger partial charge in [0.1, 0.15) is 11.9 Å². The highest BCUT2D eigenvalue weighted by Gasteiger charge is 2.33. The van der Waals surface area contributed by atoms with Gasteiger partial charge in [-0.2, -0.15) is 0 Å². The van der Waals surface area contributed by atoms with E-state index in [0.717, 1.165) is 0 Å². The van der Waals surface area contributed by atoms with E-state index in [4.69, 9.17) is 14.2 Å². The molecule has 0 radical (unpaired) electrons. The lowest BCUT2D eigenvalue weighted by molar-refractivity contribution is -0.153. The van der Waals surface area contributed by atoms with Crippen LogP contribution in [0.4, 0.5) is 20.6 Å². The molecule has 3 aliphatic heterocycles. The third-order valence-electron chi connectivity index (χ3n) is 6.48. The van der Waals surface area contributed by atoms with Crippen LogP contribution in [0.1, 0.15) is 6.92 Å². The topological polar surface area (TPSA) is 121 Å². The molecule has 1 aromatic carbocycles. The van der Waals surface area contributed by atoms with Crippen molar-refractivity contribution >= 4 is 35.3 Å². The van der Waals surface area contributed by atoms with Crippen molar-refractivity contribution in [3.05, 3.63) is 24.0 Å². The van der Waals surface area contributed by atoms with Crippen molar-refractivity contribution in [1.82, 2.24) is 15.1 Å². The molecule has 1 N–H and O–H groups in total. The number of cyclic esters (lactones) is 1. The number of morpholine rings is 1. The van der Waals surface area contributed by atoms with Gasteiger partial charge in [0.05, 0.1) is 44.2 Å². The van der Waals surface area contributed by atoms with Gasteiger partial charge in [0.2, 0.25) is 5.91 Å². The number of hydrogen-bond acceptors (Lipinski definition) is 9. The normalized spacial score (nSPS) is 20.5. The molecular formula is C24H32FN5O7. The van der Waals surface area contributed by atoms with Gasteiger partial charge >= 0.3 is 12.1 Å².